The van der Waals surface area contributed by atoms with Gasteiger partial charge in [-0.3, -0.25) is 10.1 Å². The van der Waals surface area contributed by atoms with Crippen molar-refractivity contribution in [3.63, 3.8) is 0 Å². The van der Waals surface area contributed by atoms with Crippen molar-refractivity contribution in [3.8, 4) is 0 Å². The van der Waals surface area contributed by atoms with Crippen molar-refractivity contribution < 1.29 is 9.53 Å². The molecule has 0 aromatic heterocycles. The fraction of sp³-hybridized carbons (Fsp3) is 0.700. The number of methoxy groups -OCH3 is 1. The molecule has 0 amide bonds. The van der Waals surface area contributed by atoms with E-state index in [9.17, 15) is 4.79 Å². The van der Waals surface area contributed by atoms with Crippen molar-refractivity contribution in [1.29, 1.82) is 0 Å². The topological polar surface area (TPSA) is 38.3 Å². The Morgan fingerprint density at radius 2 is 2.15 bits per heavy atom. The highest BCUT2D eigenvalue weighted by molar-refractivity contribution is 5.75. The summed E-state index contributed by atoms with van der Waals surface area (Å²) in [5.74, 6) is -0.241. The van der Waals surface area contributed by atoms with Crippen molar-refractivity contribution in [2.24, 2.45) is 0 Å². The first-order valence-electron chi connectivity index (χ1n) is 4.37. The Morgan fingerprint density at radius 1 is 1.62 bits per heavy atom. The first-order valence-corrected chi connectivity index (χ1v) is 4.37. The third-order valence-corrected chi connectivity index (χ3v) is 1.50. The van der Waals surface area contributed by atoms with Crippen LogP contribution in [0.2, 0.25) is 0 Å². The van der Waals surface area contributed by atoms with Gasteiger partial charge in [0.05, 0.1) is 7.11 Å². The fourth-order valence-electron chi connectivity index (χ4n) is 1.05. The summed E-state index contributed by atoms with van der Waals surface area (Å²) in [7, 11) is 1.39. The summed E-state index contributed by atoms with van der Waals surface area (Å²) in [6, 6.07) is -0.289. The molecule has 3 heteroatoms. The summed E-state index contributed by atoms with van der Waals surface area (Å²) in [6.45, 7) is 9.62. The fourth-order valence-corrected chi connectivity index (χ4v) is 1.05. The van der Waals surface area contributed by atoms with Crippen LogP contribution in [-0.2, 0) is 9.53 Å². The average molecular weight is 185 g/mol. The first-order chi connectivity index (χ1) is 5.90. The molecule has 0 heterocycles. The lowest BCUT2D eigenvalue weighted by Gasteiger charge is -2.26. The Bertz CT molecular complexity index is 182. The summed E-state index contributed by atoms with van der Waals surface area (Å²) in [5, 5.41) is 3.16. The molecule has 0 unspecified atom stereocenters. The number of carbonyl (C=O) groups is 1. The summed E-state index contributed by atoms with van der Waals surface area (Å²) < 4.78 is 4.66. The van der Waals surface area contributed by atoms with Crippen LogP contribution < -0.4 is 5.32 Å². The molecule has 0 radical (unpaired) electrons. The van der Waals surface area contributed by atoms with E-state index in [4.69, 9.17) is 0 Å². The SMILES string of the molecule is C=CC[C@H](NC(C)(C)C)C(=O)OC. The van der Waals surface area contributed by atoms with Crippen LogP contribution in [0.25, 0.3) is 0 Å². The molecule has 0 aromatic carbocycles. The molecule has 1 atom stereocenters. The van der Waals surface area contributed by atoms with Crippen molar-refractivity contribution in [2.75, 3.05) is 7.11 Å². The molecule has 0 aromatic rings. The standard InChI is InChI=1S/C10H19NO2/c1-6-7-8(9(12)13-5)11-10(2,3)4/h6,8,11H,1,7H2,2-5H3/t8-/m0/s1. The highest BCUT2D eigenvalue weighted by Crippen LogP contribution is 2.05. The Balaban J connectivity index is 4.25. The minimum Gasteiger partial charge on any atom is -0.468 e. The van der Waals surface area contributed by atoms with Gasteiger partial charge in [-0.15, -0.1) is 6.58 Å². The molecule has 0 fully saturated rings. The Hall–Kier alpha value is -0.830. The number of carbonyl (C=O) groups excluding carboxylic acids is 1. The zero-order valence-electron chi connectivity index (χ0n) is 8.89. The van der Waals surface area contributed by atoms with E-state index in [1.807, 2.05) is 20.8 Å². The Kier molecular flexibility index (Phi) is 4.70. The highest BCUT2D eigenvalue weighted by atomic mass is 16.5. The second kappa shape index (κ2) is 5.02. The van der Waals surface area contributed by atoms with Crippen LogP contribution in [0, 0.1) is 0 Å². The van der Waals surface area contributed by atoms with E-state index in [1.165, 1.54) is 7.11 Å². The van der Waals surface area contributed by atoms with Crippen LogP contribution in [0.15, 0.2) is 12.7 Å². The molecule has 0 spiro atoms. The van der Waals surface area contributed by atoms with Gasteiger partial charge >= 0.3 is 5.97 Å². The molecule has 0 saturated carbocycles. The molecule has 13 heavy (non-hydrogen) atoms. The average Bonchev–Trinajstić information content (AvgIpc) is 2.00. The van der Waals surface area contributed by atoms with Gasteiger partial charge in [0.2, 0.25) is 0 Å². The quantitative estimate of drug-likeness (QED) is 0.532. The maximum Gasteiger partial charge on any atom is 0.323 e. The third kappa shape index (κ3) is 5.42. The Morgan fingerprint density at radius 3 is 2.46 bits per heavy atom. The lowest BCUT2D eigenvalue weighted by molar-refractivity contribution is -0.143. The van der Waals surface area contributed by atoms with Gasteiger partial charge in [-0.1, -0.05) is 6.08 Å². The predicted octanol–water partition coefficient (Wildman–Crippen LogP) is 1.49. The number of hydrogen-bond acceptors (Lipinski definition) is 3. The first kappa shape index (κ1) is 12.2. The lowest BCUT2D eigenvalue weighted by Crippen LogP contribution is -2.47. The zero-order valence-corrected chi connectivity index (χ0v) is 8.89. The number of rotatable bonds is 4. The number of esters is 1. The van der Waals surface area contributed by atoms with Crippen molar-refractivity contribution in [3.05, 3.63) is 12.7 Å². The molecule has 0 aliphatic rings. The number of nitrogens with one attached hydrogen (secondary N) is 1. The van der Waals surface area contributed by atoms with Gasteiger partial charge in [-0.25, -0.2) is 0 Å². The second-order valence-corrected chi connectivity index (χ2v) is 3.99. The summed E-state index contributed by atoms with van der Waals surface area (Å²) in [6.07, 6.45) is 2.30. The van der Waals surface area contributed by atoms with Crippen LogP contribution in [0.1, 0.15) is 27.2 Å². The monoisotopic (exact) mass is 185 g/mol. The molecule has 0 bridgehead atoms. The second-order valence-electron chi connectivity index (χ2n) is 3.99. The summed E-state index contributed by atoms with van der Waals surface area (Å²) in [4.78, 5) is 11.2. The minimum absolute atomic E-state index is 0.0954. The van der Waals surface area contributed by atoms with E-state index in [0.717, 1.165) is 0 Å². The number of ether oxygens (including phenoxy) is 1. The summed E-state index contributed by atoms with van der Waals surface area (Å²) in [5.41, 5.74) is -0.0954. The molecule has 76 valence electrons. The largest absolute Gasteiger partial charge is 0.468 e. The van der Waals surface area contributed by atoms with Crippen LogP contribution in [-0.4, -0.2) is 24.7 Å². The van der Waals surface area contributed by atoms with Crippen LogP contribution >= 0.6 is 0 Å². The summed E-state index contributed by atoms with van der Waals surface area (Å²) >= 11 is 0. The molecule has 0 aliphatic heterocycles. The molecule has 1 N–H and O–H groups in total. The van der Waals surface area contributed by atoms with Gasteiger partial charge in [0, 0.05) is 5.54 Å². The van der Waals surface area contributed by atoms with Gasteiger partial charge in [0.15, 0.2) is 0 Å². The van der Waals surface area contributed by atoms with Gasteiger partial charge in [-0.2, -0.15) is 0 Å². The van der Waals surface area contributed by atoms with Gasteiger partial charge in [-0.05, 0) is 27.2 Å². The molecule has 0 rings (SSSR count). The molecular weight excluding hydrogens is 166 g/mol. The molecule has 0 aliphatic carbocycles. The maximum atomic E-state index is 11.2. The van der Waals surface area contributed by atoms with Gasteiger partial charge < -0.3 is 4.74 Å². The molecule has 3 nitrogen and oxygen atoms in total. The minimum atomic E-state index is -0.289. The zero-order chi connectivity index (χ0) is 10.5. The third-order valence-electron chi connectivity index (χ3n) is 1.50. The smallest absolute Gasteiger partial charge is 0.323 e. The van der Waals surface area contributed by atoms with Crippen LogP contribution in [0.3, 0.4) is 0 Å². The molecule has 0 saturated heterocycles. The van der Waals surface area contributed by atoms with E-state index in [0.29, 0.717) is 6.42 Å². The van der Waals surface area contributed by atoms with Crippen molar-refractivity contribution in [1.82, 2.24) is 5.32 Å². The maximum absolute atomic E-state index is 11.2. The van der Waals surface area contributed by atoms with Gasteiger partial charge in [0.25, 0.3) is 0 Å². The van der Waals surface area contributed by atoms with E-state index in [1.54, 1.807) is 6.08 Å². The molecular formula is C10H19NO2. The lowest BCUT2D eigenvalue weighted by atomic mass is 10.1. The Labute approximate surface area is 80.2 Å². The van der Waals surface area contributed by atoms with E-state index >= 15 is 0 Å². The number of hydrogen-bond donors (Lipinski definition) is 1. The highest BCUT2D eigenvalue weighted by Gasteiger charge is 2.22. The van der Waals surface area contributed by atoms with E-state index < -0.39 is 0 Å². The van der Waals surface area contributed by atoms with E-state index in [-0.39, 0.29) is 17.6 Å². The predicted molar refractivity (Wildman–Crippen MR) is 53.5 cm³/mol. The normalized spacial score (nSPS) is 13.5. The van der Waals surface area contributed by atoms with Crippen LogP contribution in [0.5, 0.6) is 0 Å². The van der Waals surface area contributed by atoms with Gasteiger partial charge in [0.1, 0.15) is 6.04 Å². The van der Waals surface area contributed by atoms with Crippen molar-refractivity contribution in [2.45, 2.75) is 38.8 Å². The van der Waals surface area contributed by atoms with E-state index in [2.05, 4.69) is 16.6 Å². The van der Waals surface area contributed by atoms with Crippen LogP contribution in [0.4, 0.5) is 0 Å². The van der Waals surface area contributed by atoms with Crippen molar-refractivity contribution >= 4 is 5.97 Å².